The molecule has 0 aliphatic carbocycles. The van der Waals surface area contributed by atoms with Gasteiger partial charge >= 0.3 is 0 Å². The van der Waals surface area contributed by atoms with Crippen LogP contribution in [0.1, 0.15) is 11.1 Å². The standard InChI is InChI=1S/C17H17NO6/c1-22-16-9-14(7-8-23-12-19)15(18(20)21)10-17(16)24-11-13-5-3-2-4-6-13/h2-6,9-10,12H,7-8,11H2,1H3. The first-order valence-electron chi connectivity index (χ1n) is 7.23. The van der Waals surface area contributed by atoms with Crippen LogP contribution >= 0.6 is 0 Å². The van der Waals surface area contributed by atoms with Gasteiger partial charge in [0.25, 0.3) is 12.2 Å². The number of benzene rings is 2. The van der Waals surface area contributed by atoms with E-state index in [2.05, 4.69) is 4.74 Å². The maximum Gasteiger partial charge on any atom is 0.293 e. The van der Waals surface area contributed by atoms with Gasteiger partial charge in [-0.15, -0.1) is 0 Å². The van der Waals surface area contributed by atoms with Crippen molar-refractivity contribution in [3.8, 4) is 11.5 Å². The molecule has 0 unspecified atom stereocenters. The van der Waals surface area contributed by atoms with Crippen LogP contribution in [0.3, 0.4) is 0 Å². The summed E-state index contributed by atoms with van der Waals surface area (Å²) in [7, 11) is 1.46. The zero-order valence-electron chi connectivity index (χ0n) is 13.1. The van der Waals surface area contributed by atoms with Gasteiger partial charge in [0.1, 0.15) is 6.61 Å². The van der Waals surface area contributed by atoms with Crippen molar-refractivity contribution in [2.24, 2.45) is 0 Å². The molecule has 7 heteroatoms. The number of rotatable bonds is 9. The van der Waals surface area contributed by atoms with E-state index in [1.165, 1.54) is 19.2 Å². The molecule has 0 amide bonds. The summed E-state index contributed by atoms with van der Waals surface area (Å²) >= 11 is 0. The molecule has 0 aliphatic heterocycles. The zero-order valence-corrected chi connectivity index (χ0v) is 13.1. The number of carbonyl (C=O) groups is 1. The van der Waals surface area contributed by atoms with E-state index in [1.807, 2.05) is 30.3 Å². The number of hydrogen-bond acceptors (Lipinski definition) is 6. The lowest BCUT2D eigenvalue weighted by Crippen LogP contribution is -2.04. The largest absolute Gasteiger partial charge is 0.493 e. The molecule has 7 nitrogen and oxygen atoms in total. The minimum atomic E-state index is -0.495. The summed E-state index contributed by atoms with van der Waals surface area (Å²) in [5.74, 6) is 0.672. The molecule has 0 aromatic heterocycles. The Bertz CT molecular complexity index is 702. The van der Waals surface area contributed by atoms with Crippen LogP contribution in [0.15, 0.2) is 42.5 Å². The van der Waals surface area contributed by atoms with Crippen molar-refractivity contribution < 1.29 is 23.9 Å². The molecule has 2 aromatic carbocycles. The van der Waals surface area contributed by atoms with E-state index >= 15 is 0 Å². The van der Waals surface area contributed by atoms with Crippen LogP contribution in [-0.2, 0) is 22.6 Å². The first kappa shape index (κ1) is 17.3. The second-order valence-electron chi connectivity index (χ2n) is 4.88. The second-order valence-corrected chi connectivity index (χ2v) is 4.88. The fraction of sp³-hybridized carbons (Fsp3) is 0.235. The molecular weight excluding hydrogens is 314 g/mol. The summed E-state index contributed by atoms with van der Waals surface area (Å²) in [4.78, 5) is 21.0. The van der Waals surface area contributed by atoms with Crippen molar-refractivity contribution in [2.75, 3.05) is 13.7 Å². The summed E-state index contributed by atoms with van der Waals surface area (Å²) in [5.41, 5.74) is 1.24. The molecule has 2 rings (SSSR count). The maximum atomic E-state index is 11.3. The van der Waals surface area contributed by atoms with Crippen LogP contribution in [0, 0.1) is 10.1 Å². The van der Waals surface area contributed by atoms with Gasteiger partial charge in [-0.1, -0.05) is 30.3 Å². The van der Waals surface area contributed by atoms with Crippen molar-refractivity contribution in [1.82, 2.24) is 0 Å². The van der Waals surface area contributed by atoms with E-state index in [0.717, 1.165) is 5.56 Å². The second kappa shape index (κ2) is 8.52. The monoisotopic (exact) mass is 331 g/mol. The Morgan fingerprint density at radius 2 is 1.92 bits per heavy atom. The van der Waals surface area contributed by atoms with Crippen LogP contribution in [0.25, 0.3) is 0 Å². The number of ether oxygens (including phenoxy) is 3. The Labute approximate surface area is 138 Å². The maximum absolute atomic E-state index is 11.3. The molecular formula is C17H17NO6. The molecule has 24 heavy (non-hydrogen) atoms. The van der Waals surface area contributed by atoms with Crippen LogP contribution in [0.5, 0.6) is 11.5 Å². The molecule has 0 bridgehead atoms. The summed E-state index contributed by atoms with van der Waals surface area (Å²) in [6.07, 6.45) is 0.213. The summed E-state index contributed by atoms with van der Waals surface area (Å²) in [6, 6.07) is 12.3. The average molecular weight is 331 g/mol. The van der Waals surface area contributed by atoms with Crippen molar-refractivity contribution in [1.29, 1.82) is 0 Å². The Kier molecular flexibility index (Phi) is 6.13. The third-order valence-electron chi connectivity index (χ3n) is 3.36. The predicted octanol–water partition coefficient (Wildman–Crippen LogP) is 2.90. The highest BCUT2D eigenvalue weighted by Gasteiger charge is 2.19. The van der Waals surface area contributed by atoms with Crippen molar-refractivity contribution in [3.63, 3.8) is 0 Å². The number of nitrogens with zero attached hydrogens (tertiary/aromatic N) is 1. The first-order valence-corrected chi connectivity index (χ1v) is 7.23. The van der Waals surface area contributed by atoms with Crippen LogP contribution in [-0.4, -0.2) is 25.1 Å². The smallest absolute Gasteiger partial charge is 0.293 e. The SMILES string of the molecule is COc1cc(CCOC=O)c([N+](=O)[O-])cc1OCc1ccccc1. The molecule has 0 aliphatic rings. The van der Waals surface area contributed by atoms with Crippen molar-refractivity contribution >= 4 is 12.2 Å². The van der Waals surface area contributed by atoms with Gasteiger partial charge < -0.3 is 14.2 Å². The average Bonchev–Trinajstić information content (AvgIpc) is 2.60. The van der Waals surface area contributed by atoms with Gasteiger partial charge in [0, 0.05) is 12.0 Å². The Hall–Kier alpha value is -3.09. The van der Waals surface area contributed by atoms with E-state index in [9.17, 15) is 14.9 Å². The van der Waals surface area contributed by atoms with E-state index < -0.39 is 4.92 Å². The Morgan fingerprint density at radius 3 is 2.54 bits per heavy atom. The molecule has 0 N–H and O–H groups in total. The Balaban J connectivity index is 2.24. The van der Waals surface area contributed by atoms with E-state index in [4.69, 9.17) is 9.47 Å². The van der Waals surface area contributed by atoms with Gasteiger partial charge in [0.05, 0.1) is 24.7 Å². The molecule has 0 fully saturated rings. The first-order chi connectivity index (χ1) is 11.7. The molecule has 0 heterocycles. The summed E-state index contributed by atoms with van der Waals surface area (Å²) < 4.78 is 15.5. The number of carbonyl (C=O) groups excluding carboxylic acids is 1. The molecule has 0 saturated heterocycles. The number of hydrogen-bond donors (Lipinski definition) is 0. The van der Waals surface area contributed by atoms with Crippen molar-refractivity contribution in [2.45, 2.75) is 13.0 Å². The quantitative estimate of drug-likeness (QED) is 0.304. The molecule has 0 radical (unpaired) electrons. The molecule has 0 atom stereocenters. The van der Waals surface area contributed by atoms with E-state index in [1.54, 1.807) is 0 Å². The Morgan fingerprint density at radius 1 is 1.17 bits per heavy atom. The number of nitro groups is 1. The van der Waals surface area contributed by atoms with Gasteiger partial charge in [-0.25, -0.2) is 0 Å². The highest BCUT2D eigenvalue weighted by molar-refractivity contribution is 5.54. The highest BCUT2D eigenvalue weighted by Crippen LogP contribution is 2.35. The number of methoxy groups -OCH3 is 1. The summed E-state index contributed by atoms with van der Waals surface area (Å²) in [5, 5.41) is 11.3. The van der Waals surface area contributed by atoms with Gasteiger partial charge in [0.2, 0.25) is 0 Å². The lowest BCUT2D eigenvalue weighted by molar-refractivity contribution is -0.385. The fourth-order valence-corrected chi connectivity index (χ4v) is 2.19. The number of nitro benzene ring substituents is 1. The third kappa shape index (κ3) is 4.45. The van der Waals surface area contributed by atoms with Crippen LogP contribution < -0.4 is 9.47 Å². The van der Waals surface area contributed by atoms with Crippen LogP contribution in [0.2, 0.25) is 0 Å². The van der Waals surface area contributed by atoms with E-state index in [0.29, 0.717) is 17.8 Å². The van der Waals surface area contributed by atoms with Gasteiger partial charge in [0.15, 0.2) is 11.5 Å². The van der Waals surface area contributed by atoms with Gasteiger partial charge in [-0.05, 0) is 11.6 Å². The minimum absolute atomic E-state index is 0.0533. The fourth-order valence-electron chi connectivity index (χ4n) is 2.19. The molecule has 0 saturated carbocycles. The summed E-state index contributed by atoms with van der Waals surface area (Å²) in [6.45, 7) is 0.625. The molecule has 2 aromatic rings. The third-order valence-corrected chi connectivity index (χ3v) is 3.36. The highest BCUT2D eigenvalue weighted by atomic mass is 16.6. The zero-order chi connectivity index (χ0) is 17.4. The molecule has 0 spiro atoms. The van der Waals surface area contributed by atoms with Gasteiger partial charge in [-0.2, -0.15) is 0 Å². The van der Waals surface area contributed by atoms with Gasteiger partial charge in [-0.3, -0.25) is 14.9 Å². The molecule has 126 valence electrons. The topological polar surface area (TPSA) is 87.9 Å². The predicted molar refractivity (Wildman–Crippen MR) is 86.1 cm³/mol. The normalized spacial score (nSPS) is 10.0. The lowest BCUT2D eigenvalue weighted by Gasteiger charge is -2.13. The van der Waals surface area contributed by atoms with Crippen LogP contribution in [0.4, 0.5) is 5.69 Å². The lowest BCUT2D eigenvalue weighted by atomic mass is 10.1. The van der Waals surface area contributed by atoms with E-state index in [-0.39, 0.29) is 31.1 Å². The minimum Gasteiger partial charge on any atom is -0.493 e. The van der Waals surface area contributed by atoms with Crippen molar-refractivity contribution in [3.05, 3.63) is 63.7 Å².